The van der Waals surface area contributed by atoms with Crippen molar-refractivity contribution in [1.82, 2.24) is 5.32 Å². The van der Waals surface area contributed by atoms with Crippen LogP contribution in [0.3, 0.4) is 0 Å². The predicted octanol–water partition coefficient (Wildman–Crippen LogP) is 1.72. The third kappa shape index (κ3) is 1.19. The molecule has 0 atom stereocenters. The number of benzene rings is 1. The molecule has 0 bridgehead atoms. The van der Waals surface area contributed by atoms with Gasteiger partial charge in [-0.2, -0.15) is 0 Å². The molecule has 84 valence electrons. The van der Waals surface area contributed by atoms with Gasteiger partial charge in [0.15, 0.2) is 0 Å². The van der Waals surface area contributed by atoms with Crippen LogP contribution in [0.25, 0.3) is 0 Å². The number of nitrogen functional groups attached to an aromatic ring is 1. The van der Waals surface area contributed by atoms with E-state index in [1.807, 2.05) is 29.2 Å². The van der Waals surface area contributed by atoms with Crippen molar-refractivity contribution in [3.8, 4) is 0 Å². The SMILES string of the molecule is Nc1cccc(N2C(=O)NCC23CCC3)c1. The summed E-state index contributed by atoms with van der Waals surface area (Å²) in [5.41, 5.74) is 7.39. The van der Waals surface area contributed by atoms with Gasteiger partial charge in [0.25, 0.3) is 0 Å². The maximum Gasteiger partial charge on any atom is 0.322 e. The second-order valence-electron chi connectivity index (χ2n) is 4.67. The van der Waals surface area contributed by atoms with Gasteiger partial charge >= 0.3 is 6.03 Å². The number of urea groups is 1. The fourth-order valence-corrected chi connectivity index (χ4v) is 2.65. The van der Waals surface area contributed by atoms with E-state index in [9.17, 15) is 4.79 Å². The Morgan fingerprint density at radius 1 is 1.38 bits per heavy atom. The van der Waals surface area contributed by atoms with Crippen molar-refractivity contribution < 1.29 is 4.79 Å². The van der Waals surface area contributed by atoms with Gasteiger partial charge in [-0.3, -0.25) is 4.90 Å². The third-order valence-corrected chi connectivity index (χ3v) is 3.66. The molecule has 4 heteroatoms. The molecule has 3 N–H and O–H groups in total. The van der Waals surface area contributed by atoms with Crippen LogP contribution < -0.4 is 16.0 Å². The Hall–Kier alpha value is -1.71. The molecular weight excluding hydrogens is 202 g/mol. The Morgan fingerprint density at radius 3 is 2.81 bits per heavy atom. The standard InChI is InChI=1S/C12H15N3O/c13-9-3-1-4-10(7-9)15-11(16)14-8-12(15)5-2-6-12/h1,3-4,7H,2,5-6,8,13H2,(H,14,16). The second kappa shape index (κ2) is 3.14. The first-order valence-corrected chi connectivity index (χ1v) is 5.65. The van der Waals surface area contributed by atoms with Crippen molar-refractivity contribution in [3.63, 3.8) is 0 Å². The summed E-state index contributed by atoms with van der Waals surface area (Å²) in [6.07, 6.45) is 3.37. The van der Waals surface area contributed by atoms with Gasteiger partial charge < -0.3 is 11.1 Å². The van der Waals surface area contributed by atoms with Crippen molar-refractivity contribution in [2.75, 3.05) is 17.2 Å². The monoisotopic (exact) mass is 217 g/mol. The molecule has 0 unspecified atom stereocenters. The number of carbonyl (C=O) groups excluding carboxylic acids is 1. The van der Waals surface area contributed by atoms with Gasteiger partial charge in [0, 0.05) is 17.9 Å². The van der Waals surface area contributed by atoms with E-state index in [1.54, 1.807) is 0 Å². The molecule has 1 aliphatic heterocycles. The molecule has 1 saturated heterocycles. The average Bonchev–Trinajstić information content (AvgIpc) is 2.55. The van der Waals surface area contributed by atoms with Crippen molar-refractivity contribution in [2.45, 2.75) is 24.8 Å². The number of rotatable bonds is 1. The molecule has 1 saturated carbocycles. The number of nitrogens with one attached hydrogen (secondary N) is 1. The van der Waals surface area contributed by atoms with E-state index in [-0.39, 0.29) is 11.6 Å². The van der Waals surface area contributed by atoms with Gasteiger partial charge in [-0.1, -0.05) is 6.07 Å². The molecule has 2 amide bonds. The van der Waals surface area contributed by atoms with E-state index in [0.29, 0.717) is 5.69 Å². The van der Waals surface area contributed by atoms with Crippen molar-refractivity contribution in [3.05, 3.63) is 24.3 Å². The average molecular weight is 217 g/mol. The third-order valence-electron chi connectivity index (χ3n) is 3.66. The van der Waals surface area contributed by atoms with E-state index >= 15 is 0 Å². The topological polar surface area (TPSA) is 58.4 Å². The molecule has 0 radical (unpaired) electrons. The quantitative estimate of drug-likeness (QED) is 0.704. The molecule has 2 aliphatic rings. The lowest BCUT2D eigenvalue weighted by atomic mass is 9.76. The van der Waals surface area contributed by atoms with Crippen LogP contribution in [-0.4, -0.2) is 18.1 Å². The first-order chi connectivity index (χ1) is 7.71. The van der Waals surface area contributed by atoms with E-state index < -0.39 is 0 Å². The van der Waals surface area contributed by atoms with Gasteiger partial charge in [0.1, 0.15) is 0 Å². The van der Waals surface area contributed by atoms with Crippen LogP contribution in [0.15, 0.2) is 24.3 Å². The molecule has 3 rings (SSSR count). The molecule has 16 heavy (non-hydrogen) atoms. The van der Waals surface area contributed by atoms with Crippen LogP contribution in [0.2, 0.25) is 0 Å². The van der Waals surface area contributed by atoms with Crippen molar-refractivity contribution in [2.24, 2.45) is 0 Å². The maximum absolute atomic E-state index is 11.9. The lowest BCUT2D eigenvalue weighted by molar-refractivity contribution is 0.241. The minimum atomic E-state index is 0.00491. The normalized spacial score (nSPS) is 22.0. The number of hydrogen-bond acceptors (Lipinski definition) is 2. The summed E-state index contributed by atoms with van der Waals surface area (Å²) in [6, 6.07) is 7.55. The number of hydrogen-bond donors (Lipinski definition) is 2. The summed E-state index contributed by atoms with van der Waals surface area (Å²) in [7, 11) is 0. The van der Waals surface area contributed by atoms with E-state index in [1.165, 1.54) is 6.42 Å². The minimum absolute atomic E-state index is 0.00491. The number of nitrogens with two attached hydrogens (primary N) is 1. The summed E-state index contributed by atoms with van der Waals surface area (Å²) in [4.78, 5) is 13.8. The van der Waals surface area contributed by atoms with E-state index in [0.717, 1.165) is 25.1 Å². The molecular formula is C12H15N3O. The van der Waals surface area contributed by atoms with Crippen LogP contribution in [0.1, 0.15) is 19.3 Å². The second-order valence-corrected chi connectivity index (χ2v) is 4.67. The minimum Gasteiger partial charge on any atom is -0.399 e. The van der Waals surface area contributed by atoms with Crippen molar-refractivity contribution >= 4 is 17.4 Å². The number of nitrogens with zero attached hydrogens (tertiary/aromatic N) is 1. The van der Waals surface area contributed by atoms with Gasteiger partial charge in [0.2, 0.25) is 0 Å². The molecule has 1 aliphatic carbocycles. The Morgan fingerprint density at radius 2 is 2.19 bits per heavy atom. The lowest BCUT2D eigenvalue weighted by Gasteiger charge is -2.44. The highest BCUT2D eigenvalue weighted by Gasteiger charge is 2.50. The summed E-state index contributed by atoms with van der Waals surface area (Å²) in [5, 5.41) is 2.93. The fourth-order valence-electron chi connectivity index (χ4n) is 2.65. The Balaban J connectivity index is 2.01. The molecule has 1 spiro atoms. The number of amides is 2. The number of anilines is 2. The fraction of sp³-hybridized carbons (Fsp3) is 0.417. The van der Waals surface area contributed by atoms with E-state index in [4.69, 9.17) is 5.73 Å². The summed E-state index contributed by atoms with van der Waals surface area (Å²) in [5.74, 6) is 0. The van der Waals surface area contributed by atoms with Gasteiger partial charge in [-0.05, 0) is 37.5 Å². The first kappa shape index (κ1) is 9.51. The predicted molar refractivity (Wildman–Crippen MR) is 63.3 cm³/mol. The summed E-state index contributed by atoms with van der Waals surface area (Å²) in [6.45, 7) is 0.765. The lowest BCUT2D eigenvalue weighted by Crippen LogP contribution is -2.52. The van der Waals surface area contributed by atoms with Gasteiger partial charge in [-0.25, -0.2) is 4.79 Å². The van der Waals surface area contributed by atoms with Gasteiger partial charge in [0.05, 0.1) is 5.54 Å². The largest absolute Gasteiger partial charge is 0.399 e. The van der Waals surface area contributed by atoms with Crippen LogP contribution in [-0.2, 0) is 0 Å². The van der Waals surface area contributed by atoms with Crippen LogP contribution in [0.4, 0.5) is 16.2 Å². The van der Waals surface area contributed by atoms with Gasteiger partial charge in [-0.15, -0.1) is 0 Å². The van der Waals surface area contributed by atoms with E-state index in [2.05, 4.69) is 5.32 Å². The molecule has 1 aromatic rings. The van der Waals surface area contributed by atoms with Crippen LogP contribution >= 0.6 is 0 Å². The smallest absolute Gasteiger partial charge is 0.322 e. The zero-order chi connectivity index (χ0) is 11.2. The molecule has 1 aromatic carbocycles. The highest BCUT2D eigenvalue weighted by Crippen LogP contribution is 2.42. The molecule has 1 heterocycles. The zero-order valence-electron chi connectivity index (χ0n) is 9.07. The van der Waals surface area contributed by atoms with Crippen LogP contribution in [0, 0.1) is 0 Å². The molecule has 0 aromatic heterocycles. The Labute approximate surface area is 94.4 Å². The maximum atomic E-state index is 11.9. The van der Waals surface area contributed by atoms with Crippen LogP contribution in [0.5, 0.6) is 0 Å². The van der Waals surface area contributed by atoms with Crippen molar-refractivity contribution in [1.29, 1.82) is 0 Å². The highest BCUT2D eigenvalue weighted by atomic mass is 16.2. The molecule has 4 nitrogen and oxygen atoms in total. The first-order valence-electron chi connectivity index (χ1n) is 5.65. The number of carbonyl (C=O) groups is 1. The molecule has 2 fully saturated rings. The summed E-state index contributed by atoms with van der Waals surface area (Å²) < 4.78 is 0. The zero-order valence-corrected chi connectivity index (χ0v) is 9.07. The Kier molecular flexibility index (Phi) is 1.87. The Bertz CT molecular complexity index is 440. The highest BCUT2D eigenvalue weighted by molar-refractivity contribution is 5.96. The summed E-state index contributed by atoms with van der Waals surface area (Å²) >= 11 is 0.